The first-order valence-corrected chi connectivity index (χ1v) is 6.96. The molecule has 0 bridgehead atoms. The smallest absolute Gasteiger partial charge is 0.327 e. The van der Waals surface area contributed by atoms with E-state index in [9.17, 15) is 18.4 Å². The van der Waals surface area contributed by atoms with E-state index in [0.717, 1.165) is 12.1 Å². The summed E-state index contributed by atoms with van der Waals surface area (Å²) < 4.78 is 25.7. The molecule has 0 spiro atoms. The fourth-order valence-corrected chi connectivity index (χ4v) is 2.29. The number of carboxylic acids is 1. The summed E-state index contributed by atoms with van der Waals surface area (Å²) in [5.74, 6) is -1.08. The molecule has 1 aromatic carbocycles. The minimum atomic E-state index is -1.20. The zero-order valence-corrected chi connectivity index (χ0v) is 11.8. The fourth-order valence-electron chi connectivity index (χ4n) is 1.41. The van der Waals surface area contributed by atoms with Crippen LogP contribution in [0.1, 0.15) is 12.8 Å². The van der Waals surface area contributed by atoms with Crippen LogP contribution in [0, 0.1) is 24.0 Å². The Kier molecular flexibility index (Phi) is 6.69. The van der Waals surface area contributed by atoms with Crippen molar-refractivity contribution in [2.24, 2.45) is 0 Å². The maximum absolute atomic E-state index is 13.0. The molecule has 0 saturated heterocycles. The van der Waals surface area contributed by atoms with Crippen LogP contribution in [-0.4, -0.2) is 28.8 Å². The number of hydrogen-bond donors (Lipinski definition) is 2. The molecule has 0 aliphatic heterocycles. The summed E-state index contributed by atoms with van der Waals surface area (Å²) in [7, 11) is 0. The Balaban J connectivity index is 2.41. The fraction of sp³-hybridized carbons (Fsp3) is 0.286. The summed E-state index contributed by atoms with van der Waals surface area (Å²) in [6.07, 6.45) is 4.95. The summed E-state index contributed by atoms with van der Waals surface area (Å²) in [4.78, 5) is 22.8. The van der Waals surface area contributed by atoms with Gasteiger partial charge in [0.2, 0.25) is 5.91 Å². The van der Waals surface area contributed by atoms with Crippen LogP contribution in [0.25, 0.3) is 0 Å². The molecule has 0 aliphatic rings. The second-order valence-electron chi connectivity index (χ2n) is 4.04. The number of thioether (sulfide) groups is 1. The van der Waals surface area contributed by atoms with Gasteiger partial charge in [-0.3, -0.25) is 4.79 Å². The van der Waals surface area contributed by atoms with E-state index in [0.29, 0.717) is 10.6 Å². The van der Waals surface area contributed by atoms with Crippen LogP contribution in [0.15, 0.2) is 23.1 Å². The minimum absolute atomic E-state index is 0.0397. The largest absolute Gasteiger partial charge is 0.480 e. The Morgan fingerprint density at radius 1 is 1.38 bits per heavy atom. The van der Waals surface area contributed by atoms with E-state index in [1.165, 1.54) is 17.8 Å². The van der Waals surface area contributed by atoms with Gasteiger partial charge in [-0.2, -0.15) is 0 Å². The highest BCUT2D eigenvalue weighted by molar-refractivity contribution is 7.99. The van der Waals surface area contributed by atoms with Crippen molar-refractivity contribution >= 4 is 23.6 Å². The predicted molar refractivity (Wildman–Crippen MR) is 74.7 cm³/mol. The third-order valence-corrected chi connectivity index (χ3v) is 3.44. The zero-order chi connectivity index (χ0) is 15.8. The lowest BCUT2D eigenvalue weighted by atomic mass is 10.2. The van der Waals surface area contributed by atoms with E-state index in [1.54, 1.807) is 0 Å². The molecular weight excluding hydrogens is 300 g/mol. The number of amides is 1. The van der Waals surface area contributed by atoms with Gasteiger partial charge in [0.1, 0.15) is 6.04 Å². The molecule has 0 aromatic heterocycles. The lowest BCUT2D eigenvalue weighted by Gasteiger charge is -2.11. The molecule has 1 amide bonds. The highest BCUT2D eigenvalue weighted by Crippen LogP contribution is 2.20. The summed E-state index contributed by atoms with van der Waals surface area (Å²) in [6.45, 7) is 0. The number of benzene rings is 1. The van der Waals surface area contributed by atoms with Gasteiger partial charge in [0, 0.05) is 23.5 Å². The summed E-state index contributed by atoms with van der Waals surface area (Å²) >= 11 is 1.17. The van der Waals surface area contributed by atoms with Crippen molar-refractivity contribution in [3.63, 3.8) is 0 Å². The highest BCUT2D eigenvalue weighted by atomic mass is 32.2. The monoisotopic (exact) mass is 313 g/mol. The predicted octanol–water partition coefficient (Wildman–Crippen LogP) is 2.04. The van der Waals surface area contributed by atoms with Crippen LogP contribution < -0.4 is 5.32 Å². The Morgan fingerprint density at radius 2 is 2.10 bits per heavy atom. The number of aliphatic carboxylic acids is 1. The molecule has 21 heavy (non-hydrogen) atoms. The topological polar surface area (TPSA) is 66.4 Å². The highest BCUT2D eigenvalue weighted by Gasteiger charge is 2.18. The van der Waals surface area contributed by atoms with E-state index in [-0.39, 0.29) is 12.8 Å². The third kappa shape index (κ3) is 5.83. The molecule has 1 atom stereocenters. The number of carbonyl (C=O) groups excluding carboxylic acids is 1. The van der Waals surface area contributed by atoms with Gasteiger partial charge in [0.25, 0.3) is 0 Å². The van der Waals surface area contributed by atoms with Gasteiger partial charge in [-0.05, 0) is 18.2 Å². The first kappa shape index (κ1) is 17.0. The van der Waals surface area contributed by atoms with Crippen molar-refractivity contribution in [3.8, 4) is 12.3 Å². The van der Waals surface area contributed by atoms with Crippen molar-refractivity contribution in [3.05, 3.63) is 29.8 Å². The van der Waals surface area contributed by atoms with E-state index >= 15 is 0 Å². The van der Waals surface area contributed by atoms with Crippen molar-refractivity contribution < 1.29 is 23.5 Å². The SMILES string of the molecule is C#CCC(NC(=O)CCSc1ccc(F)c(F)c1)C(=O)O. The molecule has 0 fully saturated rings. The number of halogens is 2. The second-order valence-corrected chi connectivity index (χ2v) is 5.21. The van der Waals surface area contributed by atoms with Crippen LogP contribution in [0.5, 0.6) is 0 Å². The van der Waals surface area contributed by atoms with Crippen LogP contribution in [0.2, 0.25) is 0 Å². The summed E-state index contributed by atoms with van der Waals surface area (Å²) in [5.41, 5.74) is 0. The number of carbonyl (C=O) groups is 2. The van der Waals surface area contributed by atoms with Crippen LogP contribution >= 0.6 is 11.8 Å². The van der Waals surface area contributed by atoms with Gasteiger partial charge in [0.15, 0.2) is 11.6 Å². The van der Waals surface area contributed by atoms with E-state index < -0.39 is 29.6 Å². The van der Waals surface area contributed by atoms with E-state index in [4.69, 9.17) is 11.5 Å². The maximum atomic E-state index is 13.0. The van der Waals surface area contributed by atoms with Gasteiger partial charge in [-0.15, -0.1) is 24.1 Å². The van der Waals surface area contributed by atoms with E-state index in [2.05, 4.69) is 11.2 Å². The van der Waals surface area contributed by atoms with Gasteiger partial charge in [-0.1, -0.05) is 0 Å². The molecule has 1 aromatic rings. The maximum Gasteiger partial charge on any atom is 0.327 e. The number of hydrogen-bond acceptors (Lipinski definition) is 3. The minimum Gasteiger partial charge on any atom is -0.480 e. The molecule has 0 radical (unpaired) electrons. The van der Waals surface area contributed by atoms with Crippen molar-refractivity contribution in [2.45, 2.75) is 23.8 Å². The first-order valence-electron chi connectivity index (χ1n) is 5.97. The average molecular weight is 313 g/mol. The molecule has 7 heteroatoms. The van der Waals surface area contributed by atoms with Crippen LogP contribution in [-0.2, 0) is 9.59 Å². The van der Waals surface area contributed by atoms with Gasteiger partial charge >= 0.3 is 5.97 Å². The quantitative estimate of drug-likeness (QED) is 0.597. The first-order chi connectivity index (χ1) is 9.93. The van der Waals surface area contributed by atoms with Crippen molar-refractivity contribution in [1.29, 1.82) is 0 Å². The lowest BCUT2D eigenvalue weighted by molar-refractivity contribution is -0.141. The lowest BCUT2D eigenvalue weighted by Crippen LogP contribution is -2.40. The normalized spacial score (nSPS) is 11.5. The molecule has 4 nitrogen and oxygen atoms in total. The van der Waals surface area contributed by atoms with Crippen LogP contribution in [0.3, 0.4) is 0 Å². The third-order valence-electron chi connectivity index (χ3n) is 2.44. The number of carboxylic acid groups (broad SMARTS) is 1. The number of rotatable bonds is 7. The van der Waals surface area contributed by atoms with E-state index in [1.807, 2.05) is 0 Å². The van der Waals surface area contributed by atoms with Crippen LogP contribution in [0.4, 0.5) is 8.78 Å². The standard InChI is InChI=1S/C14H13F2NO3S/c1-2-3-12(14(19)20)17-13(18)6-7-21-9-4-5-10(15)11(16)8-9/h1,4-5,8,12H,3,6-7H2,(H,17,18)(H,19,20). The second kappa shape index (κ2) is 8.27. The molecule has 2 N–H and O–H groups in total. The molecule has 1 rings (SSSR count). The Hall–Kier alpha value is -2.07. The summed E-state index contributed by atoms with van der Waals surface area (Å²) in [5, 5.41) is 11.1. The Labute approximate surface area is 124 Å². The Morgan fingerprint density at radius 3 is 2.67 bits per heavy atom. The summed E-state index contributed by atoms with van der Waals surface area (Å²) in [6, 6.07) is 2.33. The van der Waals surface area contributed by atoms with Crippen molar-refractivity contribution in [2.75, 3.05) is 5.75 Å². The number of terminal acetylenes is 1. The number of nitrogens with one attached hydrogen (secondary N) is 1. The van der Waals surface area contributed by atoms with Gasteiger partial charge < -0.3 is 10.4 Å². The van der Waals surface area contributed by atoms with Crippen molar-refractivity contribution in [1.82, 2.24) is 5.32 Å². The molecule has 0 aliphatic carbocycles. The molecule has 112 valence electrons. The molecule has 1 unspecified atom stereocenters. The van der Waals surface area contributed by atoms with Gasteiger partial charge in [-0.25, -0.2) is 13.6 Å². The Bertz CT molecular complexity index is 572. The molecular formula is C14H13F2NO3S. The zero-order valence-electron chi connectivity index (χ0n) is 10.9. The molecule has 0 heterocycles. The van der Waals surface area contributed by atoms with Gasteiger partial charge in [0.05, 0.1) is 0 Å². The molecule has 0 saturated carbocycles. The average Bonchev–Trinajstić information content (AvgIpc) is 2.42.